The summed E-state index contributed by atoms with van der Waals surface area (Å²) in [5, 5.41) is 12.4. The van der Waals surface area contributed by atoms with E-state index in [4.69, 9.17) is 5.11 Å². The van der Waals surface area contributed by atoms with E-state index in [1.807, 2.05) is 6.20 Å². The highest BCUT2D eigenvalue weighted by molar-refractivity contribution is 5.88. The first-order valence-corrected chi connectivity index (χ1v) is 7.77. The number of carboxylic acid groups (broad SMARTS) is 1. The quantitative estimate of drug-likeness (QED) is 0.857. The van der Waals surface area contributed by atoms with E-state index in [0.29, 0.717) is 11.7 Å². The van der Waals surface area contributed by atoms with Crippen LogP contribution in [-0.2, 0) is 0 Å². The fraction of sp³-hybridized carbons (Fsp3) is 0.500. The molecule has 0 spiro atoms. The van der Waals surface area contributed by atoms with Crippen LogP contribution in [0.25, 0.3) is 5.70 Å². The molecule has 3 heterocycles. The Hall–Kier alpha value is -2.08. The maximum absolute atomic E-state index is 11.0. The first-order valence-electron chi connectivity index (χ1n) is 7.77. The van der Waals surface area contributed by atoms with Gasteiger partial charge >= 0.3 is 5.97 Å². The lowest BCUT2D eigenvalue weighted by Gasteiger charge is -2.27. The average molecular weight is 302 g/mol. The van der Waals surface area contributed by atoms with Crippen LogP contribution in [0.5, 0.6) is 0 Å². The topological polar surface area (TPSA) is 68.7 Å². The highest BCUT2D eigenvalue weighted by Crippen LogP contribution is 2.18. The molecule has 1 saturated heterocycles. The van der Waals surface area contributed by atoms with E-state index in [1.165, 1.54) is 38.2 Å². The summed E-state index contributed by atoms with van der Waals surface area (Å²) < 4.78 is 0. The summed E-state index contributed by atoms with van der Waals surface area (Å²) in [6.45, 7) is 6.37. The first-order chi connectivity index (χ1) is 10.6. The second kappa shape index (κ2) is 6.36. The highest BCUT2D eigenvalue weighted by atomic mass is 16.4. The van der Waals surface area contributed by atoms with Gasteiger partial charge in [0.2, 0.25) is 0 Å². The Morgan fingerprint density at radius 2 is 2.23 bits per heavy atom. The van der Waals surface area contributed by atoms with E-state index in [1.54, 1.807) is 6.07 Å². The SMILES string of the molecule is CC(CN1C=C(c2cc(C(=O)O)ccn2)NC1)N1CCCC1. The van der Waals surface area contributed by atoms with Gasteiger partial charge in [-0.15, -0.1) is 0 Å². The normalized spacial score (nSPS) is 19.9. The number of aromatic carboxylic acids is 1. The van der Waals surface area contributed by atoms with Gasteiger partial charge in [-0.25, -0.2) is 4.79 Å². The van der Waals surface area contributed by atoms with Crippen molar-refractivity contribution in [1.82, 2.24) is 20.1 Å². The van der Waals surface area contributed by atoms with E-state index in [-0.39, 0.29) is 5.56 Å². The molecular weight excluding hydrogens is 280 g/mol. The van der Waals surface area contributed by atoms with Crippen molar-refractivity contribution >= 4 is 11.7 Å². The van der Waals surface area contributed by atoms with Crippen molar-refractivity contribution in [1.29, 1.82) is 0 Å². The minimum Gasteiger partial charge on any atom is -0.478 e. The van der Waals surface area contributed by atoms with Crippen molar-refractivity contribution in [3.63, 3.8) is 0 Å². The summed E-state index contributed by atoms with van der Waals surface area (Å²) in [5.74, 6) is -0.929. The molecule has 1 atom stereocenters. The molecule has 1 unspecified atom stereocenters. The molecule has 118 valence electrons. The summed E-state index contributed by atoms with van der Waals surface area (Å²) in [4.78, 5) is 20.1. The van der Waals surface area contributed by atoms with Crippen LogP contribution in [0.2, 0.25) is 0 Å². The Kier molecular flexibility index (Phi) is 4.29. The molecule has 6 heteroatoms. The van der Waals surface area contributed by atoms with Crippen LogP contribution in [0.3, 0.4) is 0 Å². The van der Waals surface area contributed by atoms with Crippen molar-refractivity contribution in [2.45, 2.75) is 25.8 Å². The first kappa shape index (κ1) is 14.8. The van der Waals surface area contributed by atoms with Gasteiger partial charge in [-0.05, 0) is 45.0 Å². The van der Waals surface area contributed by atoms with Crippen LogP contribution in [0.1, 0.15) is 35.8 Å². The summed E-state index contributed by atoms with van der Waals surface area (Å²) >= 11 is 0. The lowest BCUT2D eigenvalue weighted by molar-refractivity contribution is 0.0696. The van der Waals surface area contributed by atoms with Crippen LogP contribution in [-0.4, -0.2) is 58.2 Å². The molecule has 1 aromatic heterocycles. The molecule has 2 aliphatic rings. The number of likely N-dealkylation sites (tertiary alicyclic amines) is 1. The van der Waals surface area contributed by atoms with Gasteiger partial charge in [-0.3, -0.25) is 9.88 Å². The van der Waals surface area contributed by atoms with Crippen LogP contribution in [0, 0.1) is 0 Å². The third-order valence-electron chi connectivity index (χ3n) is 4.33. The molecular formula is C16H22N4O2. The zero-order valence-corrected chi connectivity index (χ0v) is 12.8. The Morgan fingerprint density at radius 1 is 1.45 bits per heavy atom. The number of carboxylic acids is 1. The molecule has 0 radical (unpaired) electrons. The van der Waals surface area contributed by atoms with Crippen molar-refractivity contribution in [3.8, 4) is 0 Å². The predicted molar refractivity (Wildman–Crippen MR) is 84.2 cm³/mol. The van der Waals surface area contributed by atoms with Crippen LogP contribution >= 0.6 is 0 Å². The van der Waals surface area contributed by atoms with Crippen molar-refractivity contribution in [2.75, 3.05) is 26.3 Å². The van der Waals surface area contributed by atoms with Crippen LogP contribution in [0.15, 0.2) is 24.5 Å². The van der Waals surface area contributed by atoms with Gasteiger partial charge in [0.1, 0.15) is 0 Å². The summed E-state index contributed by atoms with van der Waals surface area (Å²) in [5.41, 5.74) is 1.82. The molecule has 0 aromatic carbocycles. The summed E-state index contributed by atoms with van der Waals surface area (Å²) in [6.07, 6.45) is 6.18. The van der Waals surface area contributed by atoms with E-state index >= 15 is 0 Å². The average Bonchev–Trinajstić information content (AvgIpc) is 3.19. The van der Waals surface area contributed by atoms with E-state index in [9.17, 15) is 4.79 Å². The number of hydrogen-bond acceptors (Lipinski definition) is 5. The van der Waals surface area contributed by atoms with Gasteiger partial charge in [0.15, 0.2) is 0 Å². The van der Waals surface area contributed by atoms with Gasteiger partial charge < -0.3 is 15.3 Å². The van der Waals surface area contributed by atoms with E-state index in [2.05, 4.69) is 27.0 Å². The number of carbonyl (C=O) groups is 1. The molecule has 0 aliphatic carbocycles. The molecule has 1 aromatic rings. The second-order valence-corrected chi connectivity index (χ2v) is 5.98. The zero-order chi connectivity index (χ0) is 15.5. The molecule has 0 amide bonds. The number of nitrogens with zero attached hydrogens (tertiary/aromatic N) is 3. The highest BCUT2D eigenvalue weighted by Gasteiger charge is 2.22. The summed E-state index contributed by atoms with van der Waals surface area (Å²) in [7, 11) is 0. The zero-order valence-electron chi connectivity index (χ0n) is 12.8. The maximum atomic E-state index is 11.0. The Balaban J connectivity index is 1.66. The van der Waals surface area contributed by atoms with Gasteiger partial charge in [0, 0.05) is 25.0 Å². The van der Waals surface area contributed by atoms with Crippen LogP contribution in [0.4, 0.5) is 0 Å². The lowest BCUT2D eigenvalue weighted by atomic mass is 10.2. The third-order valence-corrected chi connectivity index (χ3v) is 4.33. The molecule has 0 bridgehead atoms. The molecule has 2 aliphatic heterocycles. The summed E-state index contributed by atoms with van der Waals surface area (Å²) in [6, 6.07) is 3.64. The molecule has 0 saturated carbocycles. The Bertz CT molecular complexity index is 581. The number of nitrogens with one attached hydrogen (secondary N) is 1. The van der Waals surface area contributed by atoms with Crippen LogP contribution < -0.4 is 5.32 Å². The maximum Gasteiger partial charge on any atom is 0.335 e. The minimum atomic E-state index is -0.929. The van der Waals surface area contributed by atoms with E-state index < -0.39 is 5.97 Å². The van der Waals surface area contributed by atoms with Gasteiger partial charge in [0.05, 0.1) is 23.6 Å². The molecule has 2 N–H and O–H groups in total. The van der Waals surface area contributed by atoms with Gasteiger partial charge in [-0.2, -0.15) is 0 Å². The molecule has 6 nitrogen and oxygen atoms in total. The number of aromatic nitrogens is 1. The van der Waals surface area contributed by atoms with Crippen molar-refractivity contribution < 1.29 is 9.90 Å². The fourth-order valence-electron chi connectivity index (χ4n) is 3.08. The number of pyridine rings is 1. The smallest absolute Gasteiger partial charge is 0.335 e. The van der Waals surface area contributed by atoms with Gasteiger partial charge in [-0.1, -0.05) is 0 Å². The lowest BCUT2D eigenvalue weighted by Crippen LogP contribution is -2.39. The Morgan fingerprint density at radius 3 is 2.95 bits per heavy atom. The Labute approximate surface area is 130 Å². The van der Waals surface area contributed by atoms with Gasteiger partial charge in [0.25, 0.3) is 0 Å². The number of hydrogen-bond donors (Lipinski definition) is 2. The van der Waals surface area contributed by atoms with E-state index in [0.717, 1.165) is 18.9 Å². The van der Waals surface area contributed by atoms with Crippen molar-refractivity contribution in [2.24, 2.45) is 0 Å². The third kappa shape index (κ3) is 3.22. The fourth-order valence-corrected chi connectivity index (χ4v) is 3.08. The number of rotatable bonds is 5. The standard InChI is InChI=1S/C16H22N4O2/c1-12(20-6-2-3-7-20)9-19-10-15(18-11-19)14-8-13(16(21)22)4-5-17-14/h4-5,8,10,12,18H,2-3,6-7,9,11H2,1H3,(H,21,22). The molecule has 22 heavy (non-hydrogen) atoms. The predicted octanol–water partition coefficient (Wildman–Crippen LogP) is 1.43. The molecule has 1 fully saturated rings. The molecule has 3 rings (SSSR count). The monoisotopic (exact) mass is 302 g/mol. The second-order valence-electron chi connectivity index (χ2n) is 5.98. The largest absolute Gasteiger partial charge is 0.478 e. The van der Waals surface area contributed by atoms with Crippen molar-refractivity contribution in [3.05, 3.63) is 35.8 Å². The minimum absolute atomic E-state index is 0.261.